The highest BCUT2D eigenvalue weighted by Gasteiger charge is 2.46. The van der Waals surface area contributed by atoms with E-state index in [9.17, 15) is 0 Å². The number of para-hydroxylation sites is 1. The van der Waals surface area contributed by atoms with E-state index in [1.807, 2.05) is 0 Å². The average molecular weight is 1040 g/mol. The van der Waals surface area contributed by atoms with Crippen LogP contribution in [0.25, 0.3) is 83.1 Å². The minimum atomic E-state index is -0.540. The molecule has 12 aromatic carbocycles. The molecule has 2 nitrogen and oxygen atoms in total. The first-order valence-corrected chi connectivity index (χ1v) is 28.8. The lowest BCUT2D eigenvalue weighted by atomic mass is 9.67. The van der Waals surface area contributed by atoms with Crippen molar-refractivity contribution in [1.82, 2.24) is 4.57 Å². The Morgan fingerprint density at radius 3 is 1.37 bits per heavy atom. The summed E-state index contributed by atoms with van der Waals surface area (Å²) in [6.45, 7) is 4.52. The van der Waals surface area contributed by atoms with Crippen LogP contribution in [0.15, 0.2) is 291 Å². The minimum Gasteiger partial charge on any atom is -0.310 e. The maximum atomic E-state index is 2.47. The van der Waals surface area contributed by atoms with Crippen LogP contribution in [0.2, 0.25) is 0 Å². The van der Waals surface area contributed by atoms with E-state index in [1.165, 1.54) is 99.8 Å². The first kappa shape index (κ1) is 49.5. The molecular weight excluding hydrogens is 977 g/mol. The van der Waals surface area contributed by atoms with Gasteiger partial charge in [0.2, 0.25) is 0 Å². The first-order chi connectivity index (χ1) is 40.1. The number of aromatic nitrogens is 1. The maximum absolute atomic E-state index is 2.47. The molecule has 0 atom stereocenters. The van der Waals surface area contributed by atoms with Crippen molar-refractivity contribution >= 4 is 38.9 Å². The molecule has 1 aliphatic rings. The Morgan fingerprint density at radius 2 is 0.778 bits per heavy atom. The van der Waals surface area contributed by atoms with Crippen molar-refractivity contribution in [1.29, 1.82) is 0 Å². The van der Waals surface area contributed by atoms with Gasteiger partial charge in [0.15, 0.2) is 0 Å². The molecule has 0 spiro atoms. The van der Waals surface area contributed by atoms with Gasteiger partial charge in [0.05, 0.1) is 22.1 Å². The van der Waals surface area contributed by atoms with Crippen LogP contribution in [0.1, 0.15) is 60.1 Å². The van der Waals surface area contributed by atoms with Crippen molar-refractivity contribution in [3.63, 3.8) is 0 Å². The van der Waals surface area contributed by atoms with E-state index in [4.69, 9.17) is 0 Å². The fourth-order valence-electron chi connectivity index (χ4n) is 13.2. The zero-order valence-electron chi connectivity index (χ0n) is 45.9. The van der Waals surface area contributed by atoms with E-state index >= 15 is 0 Å². The van der Waals surface area contributed by atoms with E-state index in [0.29, 0.717) is 0 Å². The first-order valence-electron chi connectivity index (χ1n) is 28.8. The molecule has 0 radical (unpaired) electrons. The zero-order valence-corrected chi connectivity index (χ0v) is 45.9. The van der Waals surface area contributed by atoms with E-state index in [-0.39, 0.29) is 0 Å². The lowest BCUT2D eigenvalue weighted by Gasteiger charge is -2.35. The molecule has 0 bridgehead atoms. The number of fused-ring (bicyclic) bond motifs is 6. The lowest BCUT2D eigenvalue weighted by Crippen LogP contribution is -2.28. The van der Waals surface area contributed by atoms with Crippen molar-refractivity contribution in [2.45, 2.75) is 44.9 Å². The largest absolute Gasteiger partial charge is 0.310 e. The molecule has 2 heteroatoms. The molecule has 0 amide bonds. The number of anilines is 3. The van der Waals surface area contributed by atoms with Crippen LogP contribution < -0.4 is 4.90 Å². The van der Waals surface area contributed by atoms with Crippen molar-refractivity contribution in [2.75, 3.05) is 4.90 Å². The second kappa shape index (κ2) is 21.1. The van der Waals surface area contributed by atoms with Gasteiger partial charge < -0.3 is 9.47 Å². The molecule has 0 saturated carbocycles. The van der Waals surface area contributed by atoms with Gasteiger partial charge in [-0.15, -0.1) is 0 Å². The average Bonchev–Trinajstić information content (AvgIpc) is 4.05. The summed E-state index contributed by atoms with van der Waals surface area (Å²) >= 11 is 0. The SMILES string of the molecule is CCCc1ccc2c(c1)c1cc(CCC)ccc1n2-c1ccc(-c2ccc(-c3ccc(N(c4ccc5c(c4)C(c4ccccc4)(c4ccccc4)c4ccccc4-5)c4ccccc4-c4cccc(-c5ccccc5)c4)cc3)cc2)cc1. The van der Waals surface area contributed by atoms with Crippen LogP contribution in [0.5, 0.6) is 0 Å². The van der Waals surface area contributed by atoms with Crippen LogP contribution in [0, 0.1) is 0 Å². The van der Waals surface area contributed by atoms with Crippen LogP contribution in [-0.2, 0) is 18.3 Å². The summed E-state index contributed by atoms with van der Waals surface area (Å²) in [5.74, 6) is 0. The van der Waals surface area contributed by atoms with Gasteiger partial charge in [-0.3, -0.25) is 0 Å². The van der Waals surface area contributed by atoms with Gasteiger partial charge in [-0.25, -0.2) is 0 Å². The fraction of sp³-hybridized carbons (Fsp3) is 0.0886. The van der Waals surface area contributed by atoms with Gasteiger partial charge in [0, 0.05) is 33.4 Å². The predicted molar refractivity (Wildman–Crippen MR) is 343 cm³/mol. The lowest BCUT2D eigenvalue weighted by molar-refractivity contribution is 0.768. The summed E-state index contributed by atoms with van der Waals surface area (Å²) in [5.41, 5.74) is 26.2. The third-order valence-electron chi connectivity index (χ3n) is 16.9. The molecule has 1 aliphatic carbocycles. The Hall–Kier alpha value is -9.76. The summed E-state index contributed by atoms with van der Waals surface area (Å²) in [5, 5.41) is 2.68. The summed E-state index contributed by atoms with van der Waals surface area (Å²) in [7, 11) is 0. The molecule has 0 aliphatic heterocycles. The van der Waals surface area contributed by atoms with Crippen LogP contribution in [-0.4, -0.2) is 4.57 Å². The highest BCUT2D eigenvalue weighted by atomic mass is 15.1. The molecule has 0 unspecified atom stereocenters. The number of rotatable bonds is 14. The third-order valence-corrected chi connectivity index (χ3v) is 16.9. The summed E-state index contributed by atoms with van der Waals surface area (Å²) in [6.07, 6.45) is 4.46. The minimum absolute atomic E-state index is 0.540. The fourth-order valence-corrected chi connectivity index (χ4v) is 13.2. The van der Waals surface area contributed by atoms with Gasteiger partial charge in [0.1, 0.15) is 0 Å². The highest BCUT2D eigenvalue weighted by molar-refractivity contribution is 6.10. The molecule has 0 saturated heterocycles. The second-order valence-corrected chi connectivity index (χ2v) is 21.8. The zero-order chi connectivity index (χ0) is 54.3. The van der Waals surface area contributed by atoms with Gasteiger partial charge in [-0.1, -0.05) is 245 Å². The van der Waals surface area contributed by atoms with Crippen LogP contribution in [0.3, 0.4) is 0 Å². The molecule has 388 valence electrons. The Kier molecular flexibility index (Phi) is 12.9. The number of hydrogen-bond donors (Lipinski definition) is 0. The van der Waals surface area contributed by atoms with E-state index in [0.717, 1.165) is 59.4 Å². The Balaban J connectivity index is 0.842. The van der Waals surface area contributed by atoms with E-state index in [2.05, 4.69) is 315 Å². The highest BCUT2D eigenvalue weighted by Crippen LogP contribution is 2.57. The monoisotopic (exact) mass is 1040 g/mol. The van der Waals surface area contributed by atoms with E-state index in [1.54, 1.807) is 0 Å². The maximum Gasteiger partial charge on any atom is 0.0714 e. The standard InChI is InChI=1S/C79H62N2/c1-3-19-55-33-49-77-72(51-55)73-52-56(20-4-2)34-50-78(73)81(77)67-45-41-61(42-46-67)59-37-35-58(36-38-59)60-39-43-66(44-40-60)80(76-32-17-15-29-69(76)63-24-18-23-62(53-63)57-21-8-5-9-22-57)68-47-48-71-70-30-14-16-31-74(70)79(75(71)54-68,64-25-10-6-11-26-64)65-27-12-7-13-28-65/h5-18,21-54H,3-4,19-20H2,1-2H3. The van der Waals surface area contributed by atoms with Crippen molar-refractivity contribution in [3.8, 4) is 61.3 Å². The van der Waals surface area contributed by atoms with Gasteiger partial charge in [-0.05, 0) is 169 Å². The number of benzene rings is 12. The summed E-state index contributed by atoms with van der Waals surface area (Å²) < 4.78 is 2.45. The molecule has 13 aromatic rings. The van der Waals surface area contributed by atoms with Crippen LogP contribution >= 0.6 is 0 Å². The number of hydrogen-bond acceptors (Lipinski definition) is 1. The molecule has 14 rings (SSSR count). The van der Waals surface area contributed by atoms with Crippen molar-refractivity contribution in [3.05, 3.63) is 325 Å². The van der Waals surface area contributed by atoms with E-state index < -0.39 is 5.41 Å². The van der Waals surface area contributed by atoms with Gasteiger partial charge >= 0.3 is 0 Å². The van der Waals surface area contributed by atoms with Gasteiger partial charge in [-0.2, -0.15) is 0 Å². The second-order valence-electron chi connectivity index (χ2n) is 21.8. The molecule has 81 heavy (non-hydrogen) atoms. The normalized spacial score (nSPS) is 12.4. The number of nitrogens with zero attached hydrogens (tertiary/aromatic N) is 2. The quantitative estimate of drug-likeness (QED) is 0.105. The Bertz CT molecular complexity index is 4280. The Morgan fingerprint density at radius 1 is 0.321 bits per heavy atom. The molecule has 0 fully saturated rings. The third kappa shape index (κ3) is 8.76. The molecule has 0 N–H and O–H groups in total. The topological polar surface area (TPSA) is 8.17 Å². The molecule has 1 heterocycles. The van der Waals surface area contributed by atoms with Gasteiger partial charge in [0.25, 0.3) is 0 Å². The molecule has 1 aromatic heterocycles. The van der Waals surface area contributed by atoms with Crippen molar-refractivity contribution < 1.29 is 0 Å². The predicted octanol–water partition coefficient (Wildman–Crippen LogP) is 21.2. The summed E-state index contributed by atoms with van der Waals surface area (Å²) in [4.78, 5) is 2.47. The summed E-state index contributed by atoms with van der Waals surface area (Å²) in [6, 6.07) is 108. The molecular formula is C79H62N2. The number of aryl methyl sites for hydroxylation is 2. The van der Waals surface area contributed by atoms with Crippen LogP contribution in [0.4, 0.5) is 17.1 Å². The van der Waals surface area contributed by atoms with Crippen molar-refractivity contribution in [2.24, 2.45) is 0 Å². The smallest absolute Gasteiger partial charge is 0.0714 e. The Labute approximate surface area is 476 Å².